The number of nitrogens with zero attached hydrogens (tertiary/aromatic N) is 3. The molecule has 0 atom stereocenters. The van der Waals surface area contributed by atoms with Gasteiger partial charge >= 0.3 is 0 Å². The van der Waals surface area contributed by atoms with Crippen molar-refractivity contribution >= 4 is 10.9 Å². The summed E-state index contributed by atoms with van der Waals surface area (Å²) in [5, 5.41) is 5.71. The fourth-order valence-electron chi connectivity index (χ4n) is 3.28. The molecule has 112 valence electrons. The van der Waals surface area contributed by atoms with Gasteiger partial charge in [-0.15, -0.1) is 0 Å². The van der Waals surface area contributed by atoms with E-state index in [0.29, 0.717) is 0 Å². The molecule has 0 saturated carbocycles. The molecule has 2 heterocycles. The monoisotopic (exact) mass is 293 g/mol. The smallest absolute Gasteiger partial charge is 0.154 e. The van der Waals surface area contributed by atoms with E-state index in [0.717, 1.165) is 35.3 Å². The average Bonchev–Trinajstić information content (AvgIpc) is 2.98. The van der Waals surface area contributed by atoms with Gasteiger partial charge in [-0.05, 0) is 68.0 Å². The SMILES string of the molecule is COc1ccc2nc(-n3ncc4c3CCCC4)cc(C)c2c1. The summed E-state index contributed by atoms with van der Waals surface area (Å²) >= 11 is 0. The van der Waals surface area contributed by atoms with Crippen LogP contribution in [0.2, 0.25) is 0 Å². The molecular formula is C18H19N3O. The lowest BCUT2D eigenvalue weighted by Gasteiger charge is -2.14. The molecular weight excluding hydrogens is 274 g/mol. The van der Waals surface area contributed by atoms with Gasteiger partial charge < -0.3 is 4.74 Å². The van der Waals surface area contributed by atoms with E-state index in [1.807, 2.05) is 29.1 Å². The summed E-state index contributed by atoms with van der Waals surface area (Å²) in [7, 11) is 1.69. The van der Waals surface area contributed by atoms with Crippen LogP contribution >= 0.6 is 0 Å². The molecule has 0 saturated heterocycles. The van der Waals surface area contributed by atoms with Crippen molar-refractivity contribution in [1.29, 1.82) is 0 Å². The van der Waals surface area contributed by atoms with Crippen molar-refractivity contribution in [2.45, 2.75) is 32.6 Å². The van der Waals surface area contributed by atoms with E-state index in [1.165, 1.54) is 29.7 Å². The topological polar surface area (TPSA) is 39.9 Å². The molecule has 2 aromatic heterocycles. The van der Waals surface area contributed by atoms with Crippen LogP contribution < -0.4 is 4.74 Å². The number of ether oxygens (including phenoxy) is 1. The Morgan fingerprint density at radius 3 is 2.86 bits per heavy atom. The molecule has 1 aliphatic rings. The standard InChI is InChI=1S/C18H19N3O/c1-12-9-18(20-16-8-7-14(22-2)10-15(12)16)21-17-6-4-3-5-13(17)11-19-21/h7-11H,3-6H2,1-2H3. The maximum Gasteiger partial charge on any atom is 0.154 e. The second kappa shape index (κ2) is 5.13. The van der Waals surface area contributed by atoms with Crippen LogP contribution in [0.5, 0.6) is 5.75 Å². The van der Waals surface area contributed by atoms with Gasteiger partial charge in [-0.1, -0.05) is 0 Å². The minimum atomic E-state index is 0.863. The van der Waals surface area contributed by atoms with Crippen molar-refractivity contribution in [3.05, 3.63) is 47.3 Å². The van der Waals surface area contributed by atoms with Gasteiger partial charge in [-0.25, -0.2) is 9.67 Å². The van der Waals surface area contributed by atoms with Gasteiger partial charge in [-0.2, -0.15) is 5.10 Å². The van der Waals surface area contributed by atoms with Crippen molar-refractivity contribution in [3.8, 4) is 11.6 Å². The third kappa shape index (κ3) is 2.06. The van der Waals surface area contributed by atoms with Gasteiger partial charge in [0.05, 0.1) is 18.8 Å². The zero-order chi connectivity index (χ0) is 15.1. The third-order valence-corrected chi connectivity index (χ3v) is 4.49. The lowest BCUT2D eigenvalue weighted by Crippen LogP contribution is -2.09. The number of hydrogen-bond acceptors (Lipinski definition) is 3. The Hall–Kier alpha value is -2.36. The predicted octanol–water partition coefficient (Wildman–Crippen LogP) is 3.62. The molecule has 1 aromatic carbocycles. The van der Waals surface area contributed by atoms with Crippen LogP contribution in [0.25, 0.3) is 16.7 Å². The molecule has 0 bridgehead atoms. The maximum atomic E-state index is 5.31. The number of rotatable bonds is 2. The molecule has 4 nitrogen and oxygen atoms in total. The molecule has 4 heteroatoms. The molecule has 0 spiro atoms. The highest BCUT2D eigenvalue weighted by Crippen LogP contribution is 2.27. The van der Waals surface area contributed by atoms with Crippen LogP contribution in [-0.2, 0) is 12.8 Å². The Bertz CT molecular complexity index is 851. The molecule has 3 aromatic rings. The first kappa shape index (κ1) is 13.3. The number of benzene rings is 1. The van der Waals surface area contributed by atoms with Crippen molar-refractivity contribution in [3.63, 3.8) is 0 Å². The first-order valence-electron chi connectivity index (χ1n) is 7.78. The quantitative estimate of drug-likeness (QED) is 0.724. The van der Waals surface area contributed by atoms with Crippen LogP contribution in [0.4, 0.5) is 0 Å². The van der Waals surface area contributed by atoms with Gasteiger partial charge in [0, 0.05) is 11.1 Å². The zero-order valence-electron chi connectivity index (χ0n) is 13.0. The van der Waals surface area contributed by atoms with E-state index in [-0.39, 0.29) is 0 Å². The summed E-state index contributed by atoms with van der Waals surface area (Å²) in [5.41, 5.74) is 4.88. The summed E-state index contributed by atoms with van der Waals surface area (Å²) in [6.07, 6.45) is 6.74. The lowest BCUT2D eigenvalue weighted by atomic mass is 9.98. The van der Waals surface area contributed by atoms with E-state index in [2.05, 4.69) is 18.1 Å². The maximum absolute atomic E-state index is 5.31. The molecule has 0 fully saturated rings. The van der Waals surface area contributed by atoms with Gasteiger partial charge in [0.15, 0.2) is 5.82 Å². The highest BCUT2D eigenvalue weighted by molar-refractivity contribution is 5.84. The molecule has 0 amide bonds. The Balaban J connectivity index is 1.87. The summed E-state index contributed by atoms with van der Waals surface area (Å²) < 4.78 is 7.33. The zero-order valence-corrected chi connectivity index (χ0v) is 13.0. The second-order valence-corrected chi connectivity index (χ2v) is 5.92. The summed E-state index contributed by atoms with van der Waals surface area (Å²) in [6.45, 7) is 2.11. The Morgan fingerprint density at radius 1 is 1.14 bits per heavy atom. The minimum absolute atomic E-state index is 0.863. The number of pyridine rings is 1. The Labute approximate surface area is 129 Å². The van der Waals surface area contributed by atoms with Gasteiger partial charge in [0.2, 0.25) is 0 Å². The fourth-order valence-corrected chi connectivity index (χ4v) is 3.28. The first-order valence-corrected chi connectivity index (χ1v) is 7.78. The summed E-state index contributed by atoms with van der Waals surface area (Å²) in [6, 6.07) is 8.13. The molecule has 22 heavy (non-hydrogen) atoms. The minimum Gasteiger partial charge on any atom is -0.497 e. The average molecular weight is 293 g/mol. The van der Waals surface area contributed by atoms with Crippen LogP contribution in [0.15, 0.2) is 30.5 Å². The molecule has 0 aliphatic heterocycles. The van der Waals surface area contributed by atoms with E-state index < -0.39 is 0 Å². The van der Waals surface area contributed by atoms with E-state index in [4.69, 9.17) is 9.72 Å². The number of aromatic nitrogens is 3. The van der Waals surface area contributed by atoms with Crippen molar-refractivity contribution in [1.82, 2.24) is 14.8 Å². The molecule has 4 rings (SSSR count). The van der Waals surface area contributed by atoms with Crippen LogP contribution in [-0.4, -0.2) is 21.9 Å². The lowest BCUT2D eigenvalue weighted by molar-refractivity contribution is 0.415. The normalized spacial score (nSPS) is 14.1. The van der Waals surface area contributed by atoms with Crippen LogP contribution in [0.3, 0.4) is 0 Å². The Kier molecular flexibility index (Phi) is 3.10. The largest absolute Gasteiger partial charge is 0.497 e. The number of methoxy groups -OCH3 is 1. The van der Waals surface area contributed by atoms with Gasteiger partial charge in [0.25, 0.3) is 0 Å². The Morgan fingerprint density at radius 2 is 2.00 bits per heavy atom. The van der Waals surface area contributed by atoms with E-state index in [9.17, 15) is 0 Å². The predicted molar refractivity (Wildman–Crippen MR) is 86.8 cm³/mol. The van der Waals surface area contributed by atoms with E-state index in [1.54, 1.807) is 7.11 Å². The summed E-state index contributed by atoms with van der Waals surface area (Å²) in [5.74, 6) is 1.78. The summed E-state index contributed by atoms with van der Waals surface area (Å²) in [4.78, 5) is 4.81. The molecule has 1 aliphatic carbocycles. The third-order valence-electron chi connectivity index (χ3n) is 4.49. The second-order valence-electron chi connectivity index (χ2n) is 5.92. The molecule has 0 N–H and O–H groups in total. The number of aryl methyl sites for hydroxylation is 2. The van der Waals surface area contributed by atoms with Crippen molar-refractivity contribution in [2.75, 3.05) is 7.11 Å². The fraction of sp³-hybridized carbons (Fsp3) is 0.333. The van der Waals surface area contributed by atoms with Gasteiger partial charge in [0.1, 0.15) is 5.75 Å². The van der Waals surface area contributed by atoms with Crippen LogP contribution in [0.1, 0.15) is 29.7 Å². The number of fused-ring (bicyclic) bond motifs is 2. The van der Waals surface area contributed by atoms with Gasteiger partial charge in [-0.3, -0.25) is 0 Å². The first-order chi connectivity index (χ1) is 10.8. The molecule has 0 unspecified atom stereocenters. The number of hydrogen-bond donors (Lipinski definition) is 0. The van der Waals surface area contributed by atoms with E-state index >= 15 is 0 Å². The van der Waals surface area contributed by atoms with Crippen molar-refractivity contribution in [2.24, 2.45) is 0 Å². The molecule has 0 radical (unpaired) electrons. The highest BCUT2D eigenvalue weighted by atomic mass is 16.5. The highest BCUT2D eigenvalue weighted by Gasteiger charge is 2.17. The van der Waals surface area contributed by atoms with Crippen LogP contribution in [0, 0.1) is 6.92 Å². The van der Waals surface area contributed by atoms with Crippen molar-refractivity contribution < 1.29 is 4.74 Å².